The van der Waals surface area contributed by atoms with Crippen molar-refractivity contribution in [2.45, 2.75) is 63.1 Å². The largest absolute Gasteiger partial charge is 0.415 e. The third kappa shape index (κ3) is 6.41. The van der Waals surface area contributed by atoms with E-state index in [9.17, 15) is 19.8 Å². The van der Waals surface area contributed by atoms with Gasteiger partial charge in [-0.25, -0.2) is 19.7 Å². The van der Waals surface area contributed by atoms with Crippen LogP contribution < -0.4 is 10.5 Å². The van der Waals surface area contributed by atoms with Gasteiger partial charge < -0.3 is 30.3 Å². The first-order valence-electron chi connectivity index (χ1n) is 14.1. The van der Waals surface area contributed by atoms with E-state index in [2.05, 4.69) is 26.8 Å². The van der Waals surface area contributed by atoms with Crippen molar-refractivity contribution in [3.05, 3.63) is 40.4 Å². The van der Waals surface area contributed by atoms with E-state index in [4.69, 9.17) is 38.4 Å². The lowest BCUT2D eigenvalue weighted by Crippen LogP contribution is -2.40. The first-order valence-corrected chi connectivity index (χ1v) is 14.9. The number of imidazole rings is 1. The molecule has 12 nitrogen and oxygen atoms in total. The molecule has 3 aromatic rings. The molecule has 1 amide bonds. The molecule has 1 aliphatic carbocycles. The molecule has 2 aliphatic heterocycles. The highest BCUT2D eigenvalue weighted by Gasteiger charge is 2.48. The fraction of sp³-hybridized carbons (Fsp3) is 0.483. The third-order valence-corrected chi connectivity index (χ3v) is 8.76. The number of hydrogen-bond donors (Lipinski definition) is 3. The first-order chi connectivity index (χ1) is 20.7. The van der Waals surface area contributed by atoms with E-state index in [0.717, 1.165) is 25.7 Å². The van der Waals surface area contributed by atoms with Gasteiger partial charge in [-0.2, -0.15) is 0 Å². The van der Waals surface area contributed by atoms with Crippen LogP contribution in [-0.4, -0.2) is 77.9 Å². The standard InChI is InChI=1S/C29H30Cl2N6O6/c30-18-7-6-17(13-19(18)31)42-29(41)36-10-8-15(9-11-36)2-1-3-21-34-26(32)22-27(35-21)37(14-33-22)28-24(40)23(39)25(43-28)20(38)12-16-4-5-16/h6-7,13-16,23-25,28,39-40H,2,4-5,8-12H2,(H2,32,34,35)/t23?,24-,25+,28+/m0/s1. The molecule has 1 saturated carbocycles. The molecular formula is C29H30Cl2N6O6. The summed E-state index contributed by atoms with van der Waals surface area (Å²) in [5.74, 6) is 7.04. The molecule has 0 bridgehead atoms. The number of aliphatic hydroxyl groups excluding tert-OH is 2. The minimum absolute atomic E-state index is 0.108. The Balaban J connectivity index is 1.07. The van der Waals surface area contributed by atoms with Crippen molar-refractivity contribution in [1.82, 2.24) is 24.4 Å². The summed E-state index contributed by atoms with van der Waals surface area (Å²) in [4.78, 5) is 39.8. The molecule has 1 aromatic carbocycles. The van der Waals surface area contributed by atoms with E-state index in [-0.39, 0.29) is 29.0 Å². The number of hydrogen-bond acceptors (Lipinski definition) is 10. The van der Waals surface area contributed by atoms with Gasteiger partial charge in [-0.05, 0) is 55.6 Å². The second kappa shape index (κ2) is 12.3. The molecular weight excluding hydrogens is 599 g/mol. The molecule has 3 aliphatic rings. The normalized spacial score (nSPS) is 24.1. The van der Waals surface area contributed by atoms with Crippen LogP contribution in [0.5, 0.6) is 5.75 Å². The van der Waals surface area contributed by atoms with Gasteiger partial charge in [0, 0.05) is 32.0 Å². The number of aliphatic hydroxyl groups is 2. The van der Waals surface area contributed by atoms with Crippen molar-refractivity contribution in [2.24, 2.45) is 11.8 Å². The molecule has 6 rings (SSSR count). The summed E-state index contributed by atoms with van der Waals surface area (Å²) in [6, 6.07) is 4.67. The number of carbonyl (C=O) groups is 2. The van der Waals surface area contributed by atoms with E-state index in [1.807, 2.05) is 0 Å². The molecule has 2 saturated heterocycles. The first kappa shape index (κ1) is 29.6. The molecule has 1 unspecified atom stereocenters. The van der Waals surface area contributed by atoms with E-state index in [1.165, 1.54) is 17.0 Å². The van der Waals surface area contributed by atoms with Crippen LogP contribution in [0, 0.1) is 23.7 Å². The number of halogens is 2. The predicted molar refractivity (Wildman–Crippen MR) is 156 cm³/mol. The fourth-order valence-electron chi connectivity index (χ4n) is 5.36. The van der Waals surface area contributed by atoms with Gasteiger partial charge in [-0.15, -0.1) is 0 Å². The van der Waals surface area contributed by atoms with Crippen LogP contribution in [0.2, 0.25) is 10.0 Å². The molecule has 14 heteroatoms. The Morgan fingerprint density at radius 3 is 2.56 bits per heavy atom. The maximum Gasteiger partial charge on any atom is 0.415 e. The Labute approximate surface area is 257 Å². The molecule has 4 heterocycles. The number of nitrogens with zero attached hydrogens (tertiary/aromatic N) is 5. The Hall–Kier alpha value is -3.47. The zero-order chi connectivity index (χ0) is 30.2. The molecule has 4 atom stereocenters. The molecule has 2 aromatic heterocycles. The topological polar surface area (TPSA) is 166 Å². The Bertz CT molecular complexity index is 1610. The maximum absolute atomic E-state index is 12.6. The molecule has 0 spiro atoms. The SMILES string of the molecule is Nc1nc(C#CCC2CCN(C(=O)Oc3ccc(Cl)c(Cl)c3)CC2)nc2c1ncn2[C@@H]1O[C@H](C(=O)CC2CC2)C(O)[C@@H]1O. The van der Waals surface area contributed by atoms with Gasteiger partial charge in [-0.3, -0.25) is 9.36 Å². The maximum atomic E-state index is 12.6. The number of ether oxygens (including phenoxy) is 2. The summed E-state index contributed by atoms with van der Waals surface area (Å²) in [7, 11) is 0. The van der Waals surface area contributed by atoms with Crippen LogP contribution in [-0.2, 0) is 9.53 Å². The molecule has 226 valence electrons. The zero-order valence-electron chi connectivity index (χ0n) is 23.0. The average molecular weight is 630 g/mol. The van der Waals surface area contributed by atoms with Crippen LogP contribution >= 0.6 is 23.2 Å². The Morgan fingerprint density at radius 1 is 1.07 bits per heavy atom. The molecule has 4 N–H and O–H groups in total. The van der Waals surface area contributed by atoms with Gasteiger partial charge in [0.15, 0.2) is 23.5 Å². The number of carbonyl (C=O) groups excluding carboxylic acids is 2. The number of amides is 1. The lowest BCUT2D eigenvalue weighted by Gasteiger charge is -2.30. The molecule has 0 radical (unpaired) electrons. The van der Waals surface area contributed by atoms with Crippen molar-refractivity contribution in [1.29, 1.82) is 0 Å². The highest BCUT2D eigenvalue weighted by molar-refractivity contribution is 6.42. The number of nitrogens with two attached hydrogens (primary N) is 1. The average Bonchev–Trinajstić information content (AvgIpc) is 3.62. The number of likely N-dealkylation sites (tertiary alicyclic amines) is 1. The van der Waals surface area contributed by atoms with Gasteiger partial charge in [0.2, 0.25) is 5.82 Å². The Morgan fingerprint density at radius 2 is 1.84 bits per heavy atom. The number of anilines is 1. The summed E-state index contributed by atoms with van der Waals surface area (Å²) in [5.41, 5.74) is 6.70. The van der Waals surface area contributed by atoms with Gasteiger partial charge in [-0.1, -0.05) is 29.1 Å². The number of aromatic nitrogens is 4. The third-order valence-electron chi connectivity index (χ3n) is 8.02. The predicted octanol–water partition coefficient (Wildman–Crippen LogP) is 3.36. The van der Waals surface area contributed by atoms with Crippen molar-refractivity contribution in [2.75, 3.05) is 18.8 Å². The minimum Gasteiger partial charge on any atom is -0.410 e. The number of ketones is 1. The number of rotatable bonds is 6. The highest BCUT2D eigenvalue weighted by Crippen LogP contribution is 2.37. The van der Waals surface area contributed by atoms with E-state index in [1.54, 1.807) is 17.0 Å². The van der Waals surface area contributed by atoms with Gasteiger partial charge >= 0.3 is 6.09 Å². The smallest absolute Gasteiger partial charge is 0.410 e. The van der Waals surface area contributed by atoms with E-state index >= 15 is 0 Å². The van der Waals surface area contributed by atoms with Crippen LogP contribution in [0.25, 0.3) is 11.2 Å². The summed E-state index contributed by atoms with van der Waals surface area (Å²) in [6.45, 7) is 1.06. The number of nitrogen functional groups attached to an aromatic ring is 1. The fourth-order valence-corrected chi connectivity index (χ4v) is 5.65. The lowest BCUT2D eigenvalue weighted by molar-refractivity contribution is -0.135. The minimum atomic E-state index is -1.36. The van der Waals surface area contributed by atoms with Crippen molar-refractivity contribution < 1.29 is 29.3 Å². The van der Waals surface area contributed by atoms with Gasteiger partial charge in [0.1, 0.15) is 29.6 Å². The highest BCUT2D eigenvalue weighted by atomic mass is 35.5. The lowest BCUT2D eigenvalue weighted by atomic mass is 9.94. The van der Waals surface area contributed by atoms with Crippen molar-refractivity contribution in [3.8, 4) is 17.6 Å². The summed E-state index contributed by atoms with van der Waals surface area (Å²) >= 11 is 11.9. The van der Waals surface area contributed by atoms with Crippen LogP contribution in [0.1, 0.15) is 50.6 Å². The quantitative estimate of drug-likeness (QED) is 0.344. The monoisotopic (exact) mass is 628 g/mol. The number of fused-ring (bicyclic) bond motifs is 1. The van der Waals surface area contributed by atoms with Crippen LogP contribution in [0.15, 0.2) is 24.5 Å². The van der Waals surface area contributed by atoms with Crippen LogP contribution in [0.3, 0.4) is 0 Å². The van der Waals surface area contributed by atoms with E-state index in [0.29, 0.717) is 53.2 Å². The second-order valence-corrected chi connectivity index (χ2v) is 12.0. The van der Waals surface area contributed by atoms with Crippen molar-refractivity contribution in [3.63, 3.8) is 0 Å². The van der Waals surface area contributed by atoms with Crippen molar-refractivity contribution >= 4 is 52.1 Å². The summed E-state index contributed by atoms with van der Waals surface area (Å²) < 4.78 is 12.7. The number of benzene rings is 1. The summed E-state index contributed by atoms with van der Waals surface area (Å²) in [6.07, 6.45) is 0.390. The number of piperidine rings is 1. The van der Waals surface area contributed by atoms with E-state index < -0.39 is 30.6 Å². The second-order valence-electron chi connectivity index (χ2n) is 11.2. The summed E-state index contributed by atoms with van der Waals surface area (Å²) in [5, 5.41) is 21.9. The molecule has 43 heavy (non-hydrogen) atoms. The number of Topliss-reactive ketones (excluding diaryl/α,β-unsaturated/α-hetero) is 1. The van der Waals surface area contributed by atoms with Gasteiger partial charge in [0.05, 0.1) is 16.4 Å². The van der Waals surface area contributed by atoms with Crippen LogP contribution in [0.4, 0.5) is 10.6 Å². The zero-order valence-corrected chi connectivity index (χ0v) is 24.5. The van der Waals surface area contributed by atoms with Gasteiger partial charge in [0.25, 0.3) is 0 Å². The Kier molecular flexibility index (Phi) is 8.44. The molecule has 3 fully saturated rings.